The quantitative estimate of drug-likeness (QED) is 0.906. The van der Waals surface area contributed by atoms with Gasteiger partial charge in [0.05, 0.1) is 21.4 Å². The molecule has 7 heteroatoms. The minimum Gasteiger partial charge on any atom is -0.485 e. The largest absolute Gasteiger partial charge is 0.485 e. The standard InChI is InChI=1S/C14H14Cl2N2O3/c1-3-18-11(12(16)8(2)17-18)7-21-13-9(14(19)20)5-4-6-10(13)15/h4-6H,3,7H2,1-2H3,(H,19,20). The number of hydrogen-bond donors (Lipinski definition) is 1. The van der Waals surface area contributed by atoms with Crippen molar-refractivity contribution in [3.8, 4) is 5.75 Å². The second kappa shape index (κ2) is 6.37. The summed E-state index contributed by atoms with van der Waals surface area (Å²) in [6, 6.07) is 4.58. The lowest BCUT2D eigenvalue weighted by Gasteiger charge is -2.12. The zero-order chi connectivity index (χ0) is 15.6. The van der Waals surface area contributed by atoms with Crippen LogP contribution < -0.4 is 4.74 Å². The van der Waals surface area contributed by atoms with Crippen molar-refractivity contribution in [1.29, 1.82) is 0 Å². The Morgan fingerprint density at radius 1 is 1.43 bits per heavy atom. The highest BCUT2D eigenvalue weighted by atomic mass is 35.5. The molecule has 1 aromatic carbocycles. The van der Waals surface area contributed by atoms with Crippen molar-refractivity contribution in [2.75, 3.05) is 0 Å². The summed E-state index contributed by atoms with van der Waals surface area (Å²) < 4.78 is 7.31. The van der Waals surface area contributed by atoms with Crippen molar-refractivity contribution >= 4 is 29.2 Å². The number of para-hydroxylation sites is 1. The Morgan fingerprint density at radius 2 is 2.14 bits per heavy atom. The molecule has 0 fully saturated rings. The van der Waals surface area contributed by atoms with Gasteiger partial charge < -0.3 is 9.84 Å². The van der Waals surface area contributed by atoms with Gasteiger partial charge in [-0.15, -0.1) is 0 Å². The Labute approximate surface area is 132 Å². The van der Waals surface area contributed by atoms with Crippen molar-refractivity contribution in [2.45, 2.75) is 27.0 Å². The van der Waals surface area contributed by atoms with E-state index in [4.69, 9.17) is 33.0 Å². The molecule has 0 amide bonds. The average Bonchev–Trinajstić information content (AvgIpc) is 2.72. The fourth-order valence-electron chi connectivity index (χ4n) is 1.97. The lowest BCUT2D eigenvalue weighted by atomic mass is 10.2. The first kappa shape index (κ1) is 15.7. The first-order valence-electron chi connectivity index (χ1n) is 6.32. The lowest BCUT2D eigenvalue weighted by molar-refractivity contribution is 0.0691. The van der Waals surface area contributed by atoms with Crippen LogP contribution in [-0.2, 0) is 13.2 Å². The normalized spacial score (nSPS) is 10.7. The minimum atomic E-state index is -1.10. The summed E-state index contributed by atoms with van der Waals surface area (Å²) >= 11 is 12.2. The Kier molecular flexibility index (Phi) is 4.75. The second-order valence-electron chi connectivity index (χ2n) is 4.37. The van der Waals surface area contributed by atoms with Crippen LogP contribution in [0.15, 0.2) is 18.2 Å². The van der Waals surface area contributed by atoms with Crippen LogP contribution in [0.4, 0.5) is 0 Å². The van der Waals surface area contributed by atoms with Gasteiger partial charge in [-0.3, -0.25) is 4.68 Å². The van der Waals surface area contributed by atoms with Gasteiger partial charge in [0.2, 0.25) is 0 Å². The molecule has 1 aromatic heterocycles. The number of aromatic nitrogens is 2. The van der Waals surface area contributed by atoms with E-state index in [1.807, 2.05) is 6.92 Å². The Hall–Kier alpha value is -1.72. The summed E-state index contributed by atoms with van der Waals surface area (Å²) in [5, 5.41) is 14.2. The average molecular weight is 329 g/mol. The van der Waals surface area contributed by atoms with Gasteiger partial charge in [-0.05, 0) is 26.0 Å². The fourth-order valence-corrected chi connectivity index (χ4v) is 2.39. The SMILES string of the molecule is CCn1nc(C)c(Cl)c1COc1c(Cl)cccc1C(=O)O. The number of ether oxygens (including phenoxy) is 1. The second-order valence-corrected chi connectivity index (χ2v) is 5.16. The molecule has 0 aliphatic rings. The number of carbonyl (C=O) groups is 1. The Bertz CT molecular complexity index is 683. The van der Waals surface area contributed by atoms with Crippen LogP contribution >= 0.6 is 23.2 Å². The molecular formula is C14H14Cl2N2O3. The summed E-state index contributed by atoms with van der Waals surface area (Å²) in [5.74, 6) is -0.969. The molecule has 1 heterocycles. The maximum atomic E-state index is 11.2. The molecule has 0 saturated carbocycles. The van der Waals surface area contributed by atoms with Gasteiger partial charge in [0.25, 0.3) is 0 Å². The molecule has 0 spiro atoms. The van der Waals surface area contributed by atoms with Gasteiger partial charge in [0.1, 0.15) is 12.2 Å². The predicted molar refractivity (Wildman–Crippen MR) is 80.4 cm³/mol. The van der Waals surface area contributed by atoms with Crippen LogP contribution in [-0.4, -0.2) is 20.9 Å². The molecule has 0 aliphatic heterocycles. The molecule has 0 bridgehead atoms. The first-order valence-corrected chi connectivity index (χ1v) is 7.07. The molecule has 0 unspecified atom stereocenters. The zero-order valence-electron chi connectivity index (χ0n) is 11.6. The van der Waals surface area contributed by atoms with E-state index in [0.717, 1.165) is 0 Å². The van der Waals surface area contributed by atoms with Crippen LogP contribution in [0.5, 0.6) is 5.75 Å². The third kappa shape index (κ3) is 3.14. The molecule has 1 N–H and O–H groups in total. The van der Waals surface area contributed by atoms with Crippen LogP contribution in [0, 0.1) is 6.92 Å². The van der Waals surface area contributed by atoms with E-state index in [9.17, 15) is 4.79 Å². The van der Waals surface area contributed by atoms with Crippen molar-refractivity contribution in [1.82, 2.24) is 9.78 Å². The molecule has 21 heavy (non-hydrogen) atoms. The number of carboxylic acids is 1. The summed E-state index contributed by atoms with van der Waals surface area (Å²) in [5.41, 5.74) is 1.40. The number of aryl methyl sites for hydroxylation is 2. The topological polar surface area (TPSA) is 64.4 Å². The molecular weight excluding hydrogens is 315 g/mol. The molecule has 0 saturated heterocycles. The summed E-state index contributed by atoms with van der Waals surface area (Å²) in [6.45, 7) is 4.47. The Morgan fingerprint density at radius 3 is 2.76 bits per heavy atom. The van der Waals surface area contributed by atoms with E-state index in [2.05, 4.69) is 5.10 Å². The zero-order valence-corrected chi connectivity index (χ0v) is 13.1. The molecule has 0 radical (unpaired) electrons. The van der Waals surface area contributed by atoms with E-state index in [1.165, 1.54) is 6.07 Å². The van der Waals surface area contributed by atoms with Crippen LogP contribution in [0.3, 0.4) is 0 Å². The molecule has 112 valence electrons. The van der Waals surface area contributed by atoms with Gasteiger partial charge in [-0.1, -0.05) is 29.3 Å². The molecule has 5 nitrogen and oxygen atoms in total. The monoisotopic (exact) mass is 328 g/mol. The van der Waals surface area contributed by atoms with Crippen LogP contribution in [0.2, 0.25) is 10.0 Å². The summed E-state index contributed by atoms with van der Waals surface area (Å²) in [4.78, 5) is 11.2. The predicted octanol–water partition coefficient (Wildman–Crippen LogP) is 3.80. The van der Waals surface area contributed by atoms with Crippen LogP contribution in [0.25, 0.3) is 0 Å². The minimum absolute atomic E-state index is 0.0120. The molecule has 0 aliphatic carbocycles. The van der Waals surface area contributed by atoms with E-state index >= 15 is 0 Å². The Balaban J connectivity index is 2.31. The van der Waals surface area contributed by atoms with Crippen molar-refractivity contribution in [3.63, 3.8) is 0 Å². The number of benzene rings is 1. The number of aromatic carboxylic acids is 1. The van der Waals surface area contributed by atoms with Crippen molar-refractivity contribution in [3.05, 3.63) is 45.2 Å². The van der Waals surface area contributed by atoms with Gasteiger partial charge in [0, 0.05) is 6.54 Å². The highest BCUT2D eigenvalue weighted by Gasteiger charge is 2.18. The fraction of sp³-hybridized carbons (Fsp3) is 0.286. The summed E-state index contributed by atoms with van der Waals surface area (Å²) in [6.07, 6.45) is 0. The molecule has 0 atom stereocenters. The number of rotatable bonds is 5. The van der Waals surface area contributed by atoms with Crippen LogP contribution in [0.1, 0.15) is 28.7 Å². The molecule has 2 aromatic rings. The third-order valence-corrected chi connectivity index (χ3v) is 3.79. The number of halogens is 2. The molecule has 2 rings (SSSR count). The van der Waals surface area contributed by atoms with E-state index < -0.39 is 5.97 Å². The van der Waals surface area contributed by atoms with Crippen molar-refractivity contribution < 1.29 is 14.6 Å². The highest BCUT2D eigenvalue weighted by Crippen LogP contribution is 2.30. The summed E-state index contributed by atoms with van der Waals surface area (Å²) in [7, 11) is 0. The van der Waals surface area contributed by atoms with E-state index in [0.29, 0.717) is 23.0 Å². The first-order chi connectivity index (χ1) is 9.95. The third-order valence-electron chi connectivity index (χ3n) is 3.00. The number of nitrogens with zero attached hydrogens (tertiary/aromatic N) is 2. The maximum Gasteiger partial charge on any atom is 0.339 e. The highest BCUT2D eigenvalue weighted by molar-refractivity contribution is 6.32. The lowest BCUT2D eigenvalue weighted by Crippen LogP contribution is -2.09. The number of hydrogen-bond acceptors (Lipinski definition) is 3. The van der Waals surface area contributed by atoms with Gasteiger partial charge in [-0.25, -0.2) is 4.79 Å². The van der Waals surface area contributed by atoms with Gasteiger partial charge >= 0.3 is 5.97 Å². The van der Waals surface area contributed by atoms with Gasteiger partial charge in [-0.2, -0.15) is 5.10 Å². The van der Waals surface area contributed by atoms with Crippen molar-refractivity contribution in [2.24, 2.45) is 0 Å². The maximum absolute atomic E-state index is 11.2. The number of carboxylic acid groups (broad SMARTS) is 1. The van der Waals surface area contributed by atoms with E-state index in [1.54, 1.807) is 23.7 Å². The van der Waals surface area contributed by atoms with Gasteiger partial charge in [0.15, 0.2) is 5.75 Å². The smallest absolute Gasteiger partial charge is 0.339 e. The van der Waals surface area contributed by atoms with E-state index in [-0.39, 0.29) is 22.9 Å².